The second kappa shape index (κ2) is 4.81. The minimum Gasteiger partial charge on any atom is -0.506 e. The molecule has 1 aromatic carbocycles. The maximum Gasteiger partial charge on any atom is 0.400 e. The Kier molecular flexibility index (Phi) is 4.09. The number of alkyl halides is 3. The Bertz CT molecular complexity index is 434. The van der Waals surface area contributed by atoms with Gasteiger partial charge < -0.3 is 5.11 Å². The van der Waals surface area contributed by atoms with Crippen LogP contribution in [0.2, 0.25) is 10.0 Å². The van der Waals surface area contributed by atoms with Gasteiger partial charge in [-0.1, -0.05) is 23.2 Å². The highest BCUT2D eigenvalue weighted by Crippen LogP contribution is 2.33. The van der Waals surface area contributed by atoms with Gasteiger partial charge in [0.25, 0.3) is 0 Å². The Morgan fingerprint density at radius 2 is 1.81 bits per heavy atom. The molecule has 90 valence electrons. The summed E-state index contributed by atoms with van der Waals surface area (Å²) in [6.07, 6.45) is -4.57. The molecule has 1 unspecified atom stereocenters. The summed E-state index contributed by atoms with van der Waals surface area (Å²) in [5, 5.41) is 8.88. The van der Waals surface area contributed by atoms with Crippen molar-refractivity contribution in [3.63, 3.8) is 0 Å². The summed E-state index contributed by atoms with van der Waals surface area (Å²) in [5.41, 5.74) is 0. The van der Waals surface area contributed by atoms with Gasteiger partial charge in [-0.3, -0.25) is 4.21 Å². The van der Waals surface area contributed by atoms with Crippen LogP contribution in [-0.2, 0) is 10.8 Å². The molecule has 0 saturated heterocycles. The third kappa shape index (κ3) is 3.54. The molecule has 8 heteroatoms. The van der Waals surface area contributed by atoms with Crippen molar-refractivity contribution in [2.45, 2.75) is 11.1 Å². The Morgan fingerprint density at radius 3 is 2.31 bits per heavy atom. The first-order valence-corrected chi connectivity index (χ1v) is 5.91. The standard InChI is InChI=1S/C8H5Cl2F3O2S/c9-4-1-5(10)7(2-6(4)14)16(15)3-8(11,12)13/h1-2,14H,3H2. The lowest BCUT2D eigenvalue weighted by molar-refractivity contribution is -0.105. The molecule has 1 aromatic rings. The van der Waals surface area contributed by atoms with Gasteiger partial charge in [0.15, 0.2) is 0 Å². The first kappa shape index (κ1) is 13.6. The van der Waals surface area contributed by atoms with Gasteiger partial charge in [0.1, 0.15) is 11.5 Å². The second-order valence-electron chi connectivity index (χ2n) is 2.84. The largest absolute Gasteiger partial charge is 0.506 e. The van der Waals surface area contributed by atoms with E-state index in [0.29, 0.717) is 0 Å². The van der Waals surface area contributed by atoms with Crippen LogP contribution in [0.5, 0.6) is 5.75 Å². The van der Waals surface area contributed by atoms with Crippen LogP contribution in [0.4, 0.5) is 13.2 Å². The van der Waals surface area contributed by atoms with Crippen molar-refractivity contribution in [3.8, 4) is 5.75 Å². The lowest BCUT2D eigenvalue weighted by atomic mass is 10.3. The van der Waals surface area contributed by atoms with Crippen LogP contribution in [0.3, 0.4) is 0 Å². The van der Waals surface area contributed by atoms with Crippen molar-refractivity contribution in [2.75, 3.05) is 5.75 Å². The molecule has 0 saturated carbocycles. The number of hydrogen-bond donors (Lipinski definition) is 1. The van der Waals surface area contributed by atoms with Crippen LogP contribution in [0.1, 0.15) is 0 Å². The molecular formula is C8H5Cl2F3O2S. The van der Waals surface area contributed by atoms with Crippen molar-refractivity contribution in [3.05, 3.63) is 22.2 Å². The molecule has 0 heterocycles. The molecule has 0 aliphatic carbocycles. The fourth-order valence-corrected chi connectivity index (χ4v) is 2.53. The van der Waals surface area contributed by atoms with Gasteiger partial charge in [-0.15, -0.1) is 0 Å². The molecule has 0 spiro atoms. The van der Waals surface area contributed by atoms with E-state index in [9.17, 15) is 17.4 Å². The van der Waals surface area contributed by atoms with E-state index in [0.717, 1.165) is 12.1 Å². The Hall–Kier alpha value is -0.460. The first-order valence-electron chi connectivity index (χ1n) is 3.84. The zero-order valence-corrected chi connectivity index (χ0v) is 9.84. The van der Waals surface area contributed by atoms with E-state index < -0.39 is 28.5 Å². The van der Waals surface area contributed by atoms with E-state index >= 15 is 0 Å². The van der Waals surface area contributed by atoms with Crippen LogP contribution in [0.15, 0.2) is 17.0 Å². The zero-order valence-electron chi connectivity index (χ0n) is 7.52. The number of aromatic hydroxyl groups is 1. The van der Waals surface area contributed by atoms with Gasteiger partial charge in [-0.25, -0.2) is 0 Å². The quantitative estimate of drug-likeness (QED) is 0.907. The van der Waals surface area contributed by atoms with Gasteiger partial charge in [0.2, 0.25) is 0 Å². The molecule has 0 fully saturated rings. The maximum absolute atomic E-state index is 12.0. The maximum atomic E-state index is 12.0. The van der Waals surface area contributed by atoms with E-state index in [2.05, 4.69) is 0 Å². The predicted molar refractivity (Wildman–Crippen MR) is 55.5 cm³/mol. The fraction of sp³-hybridized carbons (Fsp3) is 0.250. The molecule has 0 bridgehead atoms. The van der Waals surface area contributed by atoms with Gasteiger partial charge in [0.05, 0.1) is 25.7 Å². The molecular weight excluding hydrogens is 288 g/mol. The summed E-state index contributed by atoms with van der Waals surface area (Å²) in [7, 11) is -2.36. The molecule has 0 amide bonds. The summed E-state index contributed by atoms with van der Waals surface area (Å²) in [4.78, 5) is -0.291. The van der Waals surface area contributed by atoms with Crippen molar-refractivity contribution in [2.24, 2.45) is 0 Å². The van der Waals surface area contributed by atoms with E-state index in [-0.39, 0.29) is 14.9 Å². The number of benzene rings is 1. The molecule has 0 aliphatic heterocycles. The third-order valence-corrected chi connectivity index (χ3v) is 3.69. The highest BCUT2D eigenvalue weighted by molar-refractivity contribution is 7.85. The highest BCUT2D eigenvalue weighted by Gasteiger charge is 2.32. The minimum absolute atomic E-state index is 0.113. The topological polar surface area (TPSA) is 37.3 Å². The molecule has 1 N–H and O–H groups in total. The van der Waals surface area contributed by atoms with Crippen LogP contribution >= 0.6 is 23.2 Å². The molecule has 1 rings (SSSR count). The lowest BCUT2D eigenvalue weighted by Gasteiger charge is -2.08. The number of phenols is 1. The third-order valence-electron chi connectivity index (χ3n) is 1.54. The zero-order chi connectivity index (χ0) is 12.5. The molecule has 0 radical (unpaired) electrons. The van der Waals surface area contributed by atoms with Crippen molar-refractivity contribution < 1.29 is 22.5 Å². The van der Waals surface area contributed by atoms with E-state index in [1.54, 1.807) is 0 Å². The summed E-state index contributed by atoms with van der Waals surface area (Å²) < 4.78 is 47.2. The van der Waals surface area contributed by atoms with Crippen LogP contribution in [-0.4, -0.2) is 21.2 Å². The number of hydrogen-bond acceptors (Lipinski definition) is 2. The highest BCUT2D eigenvalue weighted by atomic mass is 35.5. The Balaban J connectivity index is 3.05. The summed E-state index contributed by atoms with van der Waals surface area (Å²) in [6.45, 7) is 0. The van der Waals surface area contributed by atoms with Gasteiger partial charge in [-0.05, 0) is 12.1 Å². The van der Waals surface area contributed by atoms with Crippen LogP contribution < -0.4 is 0 Å². The van der Waals surface area contributed by atoms with Gasteiger partial charge in [0, 0.05) is 0 Å². The summed E-state index contributed by atoms with van der Waals surface area (Å²) in [6, 6.07) is 1.91. The van der Waals surface area contributed by atoms with E-state index in [4.69, 9.17) is 28.3 Å². The SMILES string of the molecule is O=S(CC(F)(F)F)c1cc(O)c(Cl)cc1Cl. The second-order valence-corrected chi connectivity index (χ2v) is 5.07. The lowest BCUT2D eigenvalue weighted by Crippen LogP contribution is -2.18. The monoisotopic (exact) mass is 292 g/mol. The van der Waals surface area contributed by atoms with Crippen LogP contribution in [0, 0.1) is 0 Å². The Labute approximate surface area is 101 Å². The molecule has 0 aromatic heterocycles. The van der Waals surface area contributed by atoms with E-state index in [1.807, 2.05) is 0 Å². The molecule has 0 aliphatic rings. The summed E-state index contributed by atoms with van der Waals surface area (Å²) in [5.74, 6) is -1.98. The van der Waals surface area contributed by atoms with Gasteiger partial charge >= 0.3 is 6.18 Å². The van der Waals surface area contributed by atoms with Crippen LogP contribution in [0.25, 0.3) is 0 Å². The normalized spacial score (nSPS) is 13.8. The average Bonchev–Trinajstić information content (AvgIpc) is 2.08. The Morgan fingerprint density at radius 1 is 1.25 bits per heavy atom. The number of halogens is 5. The van der Waals surface area contributed by atoms with Gasteiger partial charge in [-0.2, -0.15) is 13.2 Å². The van der Waals surface area contributed by atoms with Crippen molar-refractivity contribution >= 4 is 34.0 Å². The first-order chi connectivity index (χ1) is 7.20. The smallest absolute Gasteiger partial charge is 0.400 e. The van der Waals surface area contributed by atoms with Crippen molar-refractivity contribution in [1.29, 1.82) is 0 Å². The summed E-state index contributed by atoms with van der Waals surface area (Å²) >= 11 is 11.0. The number of rotatable bonds is 2. The molecule has 16 heavy (non-hydrogen) atoms. The minimum atomic E-state index is -4.57. The molecule has 1 atom stereocenters. The van der Waals surface area contributed by atoms with Crippen molar-refractivity contribution in [1.82, 2.24) is 0 Å². The number of phenolic OH excluding ortho intramolecular Hbond substituents is 1. The van der Waals surface area contributed by atoms with E-state index in [1.165, 1.54) is 0 Å². The predicted octanol–water partition coefficient (Wildman–Crippen LogP) is 3.37. The average molecular weight is 293 g/mol. The fourth-order valence-electron chi connectivity index (χ4n) is 0.919. The molecule has 2 nitrogen and oxygen atoms in total.